The van der Waals surface area contributed by atoms with E-state index in [1.54, 1.807) is 30.5 Å². The van der Waals surface area contributed by atoms with Crippen LogP contribution in [-0.4, -0.2) is 82.5 Å². The van der Waals surface area contributed by atoms with Crippen LogP contribution in [0.3, 0.4) is 0 Å². The van der Waals surface area contributed by atoms with Crippen molar-refractivity contribution < 1.29 is 18.6 Å². The Bertz CT molecular complexity index is 1910. The summed E-state index contributed by atoms with van der Waals surface area (Å²) in [5.41, 5.74) is 3.04. The van der Waals surface area contributed by atoms with Crippen LogP contribution in [0.5, 0.6) is 11.8 Å². The second-order valence-corrected chi connectivity index (χ2v) is 13.4. The van der Waals surface area contributed by atoms with Gasteiger partial charge in [-0.2, -0.15) is 9.97 Å². The summed E-state index contributed by atoms with van der Waals surface area (Å²) in [4.78, 5) is 19.2. The Kier molecular flexibility index (Phi) is 7.07. The number of fused-ring (bicyclic) bond motifs is 4. The van der Waals surface area contributed by atoms with Gasteiger partial charge >= 0.3 is 6.01 Å². The van der Waals surface area contributed by atoms with Gasteiger partial charge < -0.3 is 20.1 Å². The maximum absolute atomic E-state index is 15.0. The number of phenolic OH excluding ortho intramolecular Hbond substituents is 1. The highest BCUT2D eigenvalue weighted by molar-refractivity contribution is 6.06. The molecule has 5 heterocycles. The van der Waals surface area contributed by atoms with E-state index in [0.717, 1.165) is 51.9 Å². The summed E-state index contributed by atoms with van der Waals surface area (Å²) in [7, 11) is 0. The lowest BCUT2D eigenvalue weighted by atomic mass is 9.92. The molecule has 2 N–H and O–H groups in total. The predicted octanol–water partition coefficient (Wildman–Crippen LogP) is 5.46. The second kappa shape index (κ2) is 11.2. The number of terminal acetylenes is 1. The van der Waals surface area contributed by atoms with Crippen molar-refractivity contribution in [3.05, 3.63) is 54.0 Å². The normalized spacial score (nSPS) is 23.6. The number of rotatable bonds is 8. The van der Waals surface area contributed by atoms with Crippen LogP contribution in [0.4, 0.5) is 14.6 Å². The topological polar surface area (TPSA) is 86.6 Å². The number of hydrogen-bond donors (Lipinski definition) is 2. The van der Waals surface area contributed by atoms with Crippen LogP contribution in [0, 0.1) is 23.6 Å². The minimum Gasteiger partial charge on any atom is -0.508 e. The van der Waals surface area contributed by atoms with Gasteiger partial charge in [0.25, 0.3) is 0 Å². The largest absolute Gasteiger partial charge is 0.508 e. The number of phenols is 1. The van der Waals surface area contributed by atoms with Crippen molar-refractivity contribution in [1.29, 1.82) is 0 Å². The number of nitrogens with one attached hydrogen (secondary N) is 1. The van der Waals surface area contributed by atoms with Crippen LogP contribution < -0.4 is 15.0 Å². The first kappa shape index (κ1) is 29.1. The number of pyridine rings is 1. The standard InChI is InChI=1S/C36H36F2N6O2/c1-3-26-29(28-14-25(45)13-21-5-8-30(38)27(4-2)31(21)28)15-39-33-32(26)41-35(42-34(33)44-17-23-6-7-24(18-44)40-23)46-20-36(10-11-36)19-43-12-9-22(37)16-43/h2-3,5,8,13-15,22-24,40,45H,1,6-7,9-12,16-20H2/t22-,23?,24?/m1/s1. The Morgan fingerprint density at radius 1 is 1.11 bits per heavy atom. The number of alkyl halides is 1. The highest BCUT2D eigenvalue weighted by atomic mass is 19.1. The van der Waals surface area contributed by atoms with Gasteiger partial charge in [-0.15, -0.1) is 6.42 Å². The van der Waals surface area contributed by atoms with Gasteiger partial charge in [-0.25, -0.2) is 13.8 Å². The molecular formula is C36H36F2N6O2. The summed E-state index contributed by atoms with van der Waals surface area (Å²) in [6.45, 7) is 8.21. The smallest absolute Gasteiger partial charge is 0.319 e. The molecular weight excluding hydrogens is 586 g/mol. The lowest BCUT2D eigenvalue weighted by Gasteiger charge is -2.34. The maximum atomic E-state index is 15.0. The fraction of sp³-hybridized carbons (Fsp3) is 0.417. The molecule has 4 fully saturated rings. The minimum atomic E-state index is -0.756. The third kappa shape index (κ3) is 5.12. The fourth-order valence-corrected chi connectivity index (χ4v) is 7.66. The molecule has 2 aromatic carbocycles. The van der Waals surface area contributed by atoms with E-state index in [0.29, 0.717) is 76.0 Å². The van der Waals surface area contributed by atoms with Gasteiger partial charge in [0, 0.05) is 72.9 Å². The molecule has 46 heavy (non-hydrogen) atoms. The van der Waals surface area contributed by atoms with E-state index in [2.05, 4.69) is 27.6 Å². The Morgan fingerprint density at radius 3 is 2.61 bits per heavy atom. The lowest BCUT2D eigenvalue weighted by Crippen LogP contribution is -2.51. The second-order valence-electron chi connectivity index (χ2n) is 13.4. The van der Waals surface area contributed by atoms with Crippen LogP contribution in [0.1, 0.15) is 43.2 Å². The van der Waals surface area contributed by atoms with E-state index < -0.39 is 12.0 Å². The lowest BCUT2D eigenvalue weighted by molar-refractivity contribution is 0.165. The number of benzene rings is 2. The number of nitrogens with zero attached hydrogens (tertiary/aromatic N) is 5. The molecule has 0 radical (unpaired) electrons. The molecule has 1 aliphatic carbocycles. The first-order valence-corrected chi connectivity index (χ1v) is 16.1. The predicted molar refractivity (Wildman–Crippen MR) is 175 cm³/mol. The molecule has 4 aliphatic rings. The molecule has 2 aromatic heterocycles. The molecule has 8 nitrogen and oxygen atoms in total. The Labute approximate surface area is 266 Å². The quantitative estimate of drug-likeness (QED) is 0.251. The molecule has 4 aromatic rings. The van der Waals surface area contributed by atoms with Crippen molar-refractivity contribution in [3.8, 4) is 35.2 Å². The summed E-state index contributed by atoms with van der Waals surface area (Å²) in [6.07, 6.45) is 13.3. The van der Waals surface area contributed by atoms with Crippen molar-refractivity contribution in [2.45, 2.75) is 50.4 Å². The zero-order chi connectivity index (χ0) is 31.6. The molecule has 0 amide bonds. The number of aromatic nitrogens is 3. The highest BCUT2D eigenvalue weighted by Crippen LogP contribution is 2.47. The number of likely N-dealkylation sites (tertiary alicyclic amines) is 1. The first-order chi connectivity index (χ1) is 22.3. The molecule has 2 bridgehead atoms. The third-order valence-electron chi connectivity index (χ3n) is 10.2. The van der Waals surface area contributed by atoms with Gasteiger partial charge in [-0.05, 0) is 61.3 Å². The Hall–Kier alpha value is -4.33. The highest BCUT2D eigenvalue weighted by Gasteiger charge is 2.46. The zero-order valence-corrected chi connectivity index (χ0v) is 25.6. The van der Waals surface area contributed by atoms with E-state index in [-0.39, 0.29) is 22.7 Å². The van der Waals surface area contributed by atoms with Gasteiger partial charge in [-0.1, -0.05) is 24.6 Å². The number of anilines is 1. The molecule has 3 saturated heterocycles. The van der Waals surface area contributed by atoms with Crippen LogP contribution in [0.2, 0.25) is 0 Å². The average molecular weight is 623 g/mol. The SMILES string of the molecule is C#Cc1c(F)ccc2cc(O)cc(-c3cnc4c(N5CC6CCC(C5)N6)nc(OCC5(CN6CC[C@@H](F)C6)CC5)nc4c3C=C)c12. The van der Waals surface area contributed by atoms with Crippen molar-refractivity contribution >= 4 is 33.7 Å². The molecule has 3 atom stereocenters. The summed E-state index contributed by atoms with van der Waals surface area (Å²) in [5.74, 6) is 2.70. The number of piperazine rings is 1. The molecule has 3 aliphatic heterocycles. The molecule has 236 valence electrons. The third-order valence-corrected chi connectivity index (χ3v) is 10.2. The minimum absolute atomic E-state index is 0.0164. The van der Waals surface area contributed by atoms with Crippen molar-refractivity contribution in [2.24, 2.45) is 5.41 Å². The monoisotopic (exact) mass is 622 g/mol. The van der Waals surface area contributed by atoms with Crippen molar-refractivity contribution in [3.63, 3.8) is 0 Å². The van der Waals surface area contributed by atoms with Gasteiger partial charge in [-0.3, -0.25) is 4.90 Å². The zero-order valence-electron chi connectivity index (χ0n) is 25.6. The van der Waals surface area contributed by atoms with Crippen LogP contribution >= 0.6 is 0 Å². The van der Waals surface area contributed by atoms with Gasteiger partial charge in [0.05, 0.1) is 12.2 Å². The van der Waals surface area contributed by atoms with Crippen LogP contribution in [-0.2, 0) is 0 Å². The average Bonchev–Trinajstić information content (AvgIpc) is 3.57. The van der Waals surface area contributed by atoms with E-state index in [9.17, 15) is 13.9 Å². The summed E-state index contributed by atoms with van der Waals surface area (Å²) in [6, 6.07) is 7.05. The molecule has 10 heteroatoms. The van der Waals surface area contributed by atoms with E-state index >= 15 is 0 Å². The molecule has 8 rings (SSSR count). The Balaban J connectivity index is 1.25. The summed E-state index contributed by atoms with van der Waals surface area (Å²) < 4.78 is 35.2. The Morgan fingerprint density at radius 2 is 1.91 bits per heavy atom. The van der Waals surface area contributed by atoms with Crippen molar-refractivity contribution in [2.75, 3.05) is 44.2 Å². The molecule has 1 saturated carbocycles. The molecule has 2 unspecified atom stereocenters. The van der Waals surface area contributed by atoms with Gasteiger partial charge in [0.15, 0.2) is 5.82 Å². The number of hydrogen-bond acceptors (Lipinski definition) is 8. The number of halogens is 2. The van der Waals surface area contributed by atoms with E-state index in [1.807, 2.05) is 0 Å². The summed E-state index contributed by atoms with van der Waals surface area (Å²) >= 11 is 0. The maximum Gasteiger partial charge on any atom is 0.319 e. The first-order valence-electron chi connectivity index (χ1n) is 16.1. The number of ether oxygens (including phenoxy) is 1. The fourth-order valence-electron chi connectivity index (χ4n) is 7.66. The van der Waals surface area contributed by atoms with E-state index in [1.165, 1.54) is 6.07 Å². The van der Waals surface area contributed by atoms with Gasteiger partial charge in [0.1, 0.15) is 28.8 Å². The van der Waals surface area contributed by atoms with E-state index in [4.69, 9.17) is 26.1 Å². The van der Waals surface area contributed by atoms with Crippen molar-refractivity contribution in [1.82, 2.24) is 25.2 Å². The van der Waals surface area contributed by atoms with Crippen LogP contribution in [0.25, 0.3) is 39.0 Å². The number of aromatic hydroxyl groups is 1. The van der Waals surface area contributed by atoms with Crippen LogP contribution in [0.15, 0.2) is 37.0 Å². The summed E-state index contributed by atoms with van der Waals surface area (Å²) in [5, 5.41) is 15.5. The molecule has 0 spiro atoms. The van der Waals surface area contributed by atoms with Gasteiger partial charge in [0.2, 0.25) is 0 Å².